The van der Waals surface area contributed by atoms with Crippen LogP contribution in [0.1, 0.15) is 19.8 Å². The highest BCUT2D eigenvalue weighted by Crippen LogP contribution is 2.29. The highest BCUT2D eigenvalue weighted by molar-refractivity contribution is 7.20. The number of nitrogens with one attached hydrogen (secondary N) is 1. The summed E-state index contributed by atoms with van der Waals surface area (Å²) in [5.41, 5.74) is 1.63. The van der Waals surface area contributed by atoms with E-state index in [1.54, 1.807) is 16.6 Å². The molecule has 1 atom stereocenters. The van der Waals surface area contributed by atoms with Gasteiger partial charge in [0.25, 0.3) is 0 Å². The summed E-state index contributed by atoms with van der Waals surface area (Å²) in [6, 6.07) is 6.28. The molecule has 1 N–H and O–H groups in total. The number of amides is 1. The van der Waals surface area contributed by atoms with Crippen LogP contribution in [-0.4, -0.2) is 40.1 Å². The molecule has 1 saturated heterocycles. The van der Waals surface area contributed by atoms with Crippen LogP contribution in [0.15, 0.2) is 30.5 Å². The predicted octanol–water partition coefficient (Wildman–Crippen LogP) is 2.95. The molecule has 1 aliphatic rings. The van der Waals surface area contributed by atoms with E-state index in [9.17, 15) is 9.18 Å². The SMILES string of the molecule is CCNC(=O)[C@H]1CCCN(c2nn3cc(-c4ccc(F)cc4)nc3s2)C1. The number of hydrogen-bond acceptors (Lipinski definition) is 5. The molecule has 8 heteroatoms. The zero-order valence-electron chi connectivity index (χ0n) is 14.5. The quantitative estimate of drug-likeness (QED) is 0.764. The normalized spacial score (nSPS) is 17.6. The van der Waals surface area contributed by atoms with E-state index >= 15 is 0 Å². The van der Waals surface area contributed by atoms with Gasteiger partial charge in [-0.1, -0.05) is 11.3 Å². The Balaban J connectivity index is 1.53. The van der Waals surface area contributed by atoms with Crippen molar-refractivity contribution in [3.05, 3.63) is 36.3 Å². The van der Waals surface area contributed by atoms with E-state index in [4.69, 9.17) is 0 Å². The molecule has 136 valence electrons. The van der Waals surface area contributed by atoms with Gasteiger partial charge in [-0.05, 0) is 44.0 Å². The Morgan fingerprint density at radius 3 is 2.92 bits per heavy atom. The second-order valence-corrected chi connectivity index (χ2v) is 7.36. The van der Waals surface area contributed by atoms with Crippen molar-refractivity contribution in [2.45, 2.75) is 19.8 Å². The Hall–Kier alpha value is -2.48. The number of aromatic nitrogens is 3. The molecule has 1 amide bonds. The van der Waals surface area contributed by atoms with E-state index in [0.717, 1.165) is 40.7 Å². The Bertz CT molecular complexity index is 888. The average molecular weight is 373 g/mol. The first-order valence-corrected chi connectivity index (χ1v) is 9.60. The van der Waals surface area contributed by atoms with Gasteiger partial charge in [0.2, 0.25) is 16.0 Å². The average Bonchev–Trinajstić information content (AvgIpc) is 3.22. The van der Waals surface area contributed by atoms with Gasteiger partial charge in [-0.15, -0.1) is 5.10 Å². The molecule has 0 saturated carbocycles. The van der Waals surface area contributed by atoms with Crippen molar-refractivity contribution in [2.24, 2.45) is 5.92 Å². The molecule has 0 bridgehead atoms. The van der Waals surface area contributed by atoms with Gasteiger partial charge in [-0.25, -0.2) is 13.9 Å². The molecule has 3 heterocycles. The predicted molar refractivity (Wildman–Crippen MR) is 99.9 cm³/mol. The molecule has 26 heavy (non-hydrogen) atoms. The highest BCUT2D eigenvalue weighted by Gasteiger charge is 2.27. The number of piperidine rings is 1. The number of nitrogens with zero attached hydrogens (tertiary/aromatic N) is 4. The van der Waals surface area contributed by atoms with Crippen molar-refractivity contribution < 1.29 is 9.18 Å². The first-order chi connectivity index (χ1) is 12.6. The molecule has 0 unspecified atom stereocenters. The molecule has 1 aromatic carbocycles. The Morgan fingerprint density at radius 1 is 1.38 bits per heavy atom. The maximum Gasteiger partial charge on any atom is 0.224 e. The van der Waals surface area contributed by atoms with Crippen molar-refractivity contribution in [3.8, 4) is 11.3 Å². The van der Waals surface area contributed by atoms with Crippen LogP contribution in [0.4, 0.5) is 9.52 Å². The van der Waals surface area contributed by atoms with E-state index < -0.39 is 0 Å². The molecule has 2 aromatic heterocycles. The Morgan fingerprint density at radius 2 is 2.19 bits per heavy atom. The first-order valence-electron chi connectivity index (χ1n) is 8.79. The number of halogens is 1. The minimum Gasteiger partial charge on any atom is -0.356 e. The molecule has 3 aromatic rings. The largest absolute Gasteiger partial charge is 0.356 e. The fraction of sp³-hybridized carbons (Fsp3) is 0.389. The minimum absolute atomic E-state index is 0.00898. The maximum absolute atomic E-state index is 13.1. The van der Waals surface area contributed by atoms with Gasteiger partial charge in [-0.2, -0.15) is 0 Å². The third-order valence-corrected chi connectivity index (χ3v) is 5.57. The van der Waals surface area contributed by atoms with Crippen LogP contribution in [0.25, 0.3) is 16.2 Å². The molecular formula is C18H20FN5OS. The number of imidazole rings is 1. The van der Waals surface area contributed by atoms with Crippen LogP contribution in [0.2, 0.25) is 0 Å². The topological polar surface area (TPSA) is 62.5 Å². The number of anilines is 1. The van der Waals surface area contributed by atoms with Crippen molar-refractivity contribution in [2.75, 3.05) is 24.5 Å². The summed E-state index contributed by atoms with van der Waals surface area (Å²) in [5, 5.41) is 8.43. The smallest absolute Gasteiger partial charge is 0.224 e. The van der Waals surface area contributed by atoms with Gasteiger partial charge >= 0.3 is 0 Å². The molecule has 0 aliphatic carbocycles. The fourth-order valence-corrected chi connectivity index (χ4v) is 4.18. The highest BCUT2D eigenvalue weighted by atomic mass is 32.1. The Kier molecular flexibility index (Phi) is 4.58. The van der Waals surface area contributed by atoms with Gasteiger partial charge in [0, 0.05) is 25.2 Å². The van der Waals surface area contributed by atoms with Crippen LogP contribution in [0.5, 0.6) is 0 Å². The lowest BCUT2D eigenvalue weighted by Gasteiger charge is -2.31. The second kappa shape index (κ2) is 7.03. The van der Waals surface area contributed by atoms with Crippen LogP contribution >= 0.6 is 11.3 Å². The molecule has 1 aliphatic heterocycles. The minimum atomic E-state index is -0.262. The first kappa shape index (κ1) is 17.0. The van der Waals surface area contributed by atoms with Gasteiger partial charge < -0.3 is 10.2 Å². The van der Waals surface area contributed by atoms with Gasteiger partial charge in [0.05, 0.1) is 17.8 Å². The lowest BCUT2D eigenvalue weighted by molar-refractivity contribution is -0.125. The van der Waals surface area contributed by atoms with Crippen molar-refractivity contribution in [1.29, 1.82) is 0 Å². The lowest BCUT2D eigenvalue weighted by atomic mass is 9.97. The summed E-state index contributed by atoms with van der Waals surface area (Å²) in [6.45, 7) is 4.18. The number of carbonyl (C=O) groups is 1. The number of carbonyl (C=O) groups excluding carboxylic acids is 1. The van der Waals surface area contributed by atoms with Crippen LogP contribution in [-0.2, 0) is 4.79 Å². The number of hydrogen-bond donors (Lipinski definition) is 1. The standard InChI is InChI=1S/C18H20FN5OS/c1-2-20-16(25)13-4-3-9-23(10-13)18-22-24-11-15(21-17(24)26-18)12-5-7-14(19)8-6-12/h5-8,11,13H,2-4,9-10H2,1H3,(H,20,25)/t13-/m0/s1. The Labute approximate surface area is 154 Å². The van der Waals surface area contributed by atoms with E-state index in [0.29, 0.717) is 13.1 Å². The number of benzene rings is 1. The molecule has 0 spiro atoms. The molecule has 0 radical (unpaired) electrons. The summed E-state index contributed by atoms with van der Waals surface area (Å²) in [6.07, 6.45) is 3.75. The van der Waals surface area contributed by atoms with Gasteiger partial charge in [-0.3, -0.25) is 4.79 Å². The summed E-state index contributed by atoms with van der Waals surface area (Å²) >= 11 is 1.51. The summed E-state index contributed by atoms with van der Waals surface area (Å²) in [7, 11) is 0. The van der Waals surface area contributed by atoms with Gasteiger partial charge in [0.1, 0.15) is 5.82 Å². The van der Waals surface area contributed by atoms with Crippen LogP contribution < -0.4 is 10.2 Å². The zero-order valence-corrected chi connectivity index (χ0v) is 15.3. The summed E-state index contributed by atoms with van der Waals surface area (Å²) in [4.78, 5) is 19.7. The second-order valence-electron chi connectivity index (χ2n) is 6.42. The van der Waals surface area contributed by atoms with E-state index in [-0.39, 0.29) is 17.6 Å². The van der Waals surface area contributed by atoms with E-state index in [2.05, 4.69) is 20.3 Å². The third kappa shape index (κ3) is 3.29. The lowest BCUT2D eigenvalue weighted by Crippen LogP contribution is -2.43. The number of fused-ring (bicyclic) bond motifs is 1. The molecular weight excluding hydrogens is 353 g/mol. The third-order valence-electron chi connectivity index (χ3n) is 4.59. The maximum atomic E-state index is 13.1. The molecule has 1 fully saturated rings. The van der Waals surface area contributed by atoms with E-state index in [1.807, 2.05) is 13.1 Å². The van der Waals surface area contributed by atoms with E-state index in [1.165, 1.54) is 23.5 Å². The van der Waals surface area contributed by atoms with Gasteiger partial charge in [0.15, 0.2) is 0 Å². The summed E-state index contributed by atoms with van der Waals surface area (Å²) in [5.74, 6) is -0.131. The number of rotatable bonds is 4. The van der Waals surface area contributed by atoms with Crippen LogP contribution in [0.3, 0.4) is 0 Å². The van der Waals surface area contributed by atoms with Crippen molar-refractivity contribution >= 4 is 27.3 Å². The monoisotopic (exact) mass is 373 g/mol. The fourth-order valence-electron chi connectivity index (χ4n) is 3.26. The molecule has 6 nitrogen and oxygen atoms in total. The van der Waals surface area contributed by atoms with Crippen molar-refractivity contribution in [3.63, 3.8) is 0 Å². The van der Waals surface area contributed by atoms with Crippen LogP contribution in [0, 0.1) is 11.7 Å². The zero-order chi connectivity index (χ0) is 18.1. The summed E-state index contributed by atoms with van der Waals surface area (Å²) < 4.78 is 14.8. The molecule has 4 rings (SSSR count). The van der Waals surface area contributed by atoms with Crippen molar-refractivity contribution in [1.82, 2.24) is 19.9 Å².